The molecule has 0 N–H and O–H groups in total. The third-order valence-electron chi connectivity index (χ3n) is 4.07. The highest BCUT2D eigenvalue weighted by Crippen LogP contribution is 2.22. The van der Waals surface area contributed by atoms with Crippen molar-refractivity contribution in [2.24, 2.45) is 0 Å². The van der Waals surface area contributed by atoms with Gasteiger partial charge in [0.15, 0.2) is 0 Å². The Balaban J connectivity index is 1.75. The van der Waals surface area contributed by atoms with Crippen LogP contribution in [0.2, 0.25) is 0 Å². The standard InChI is InChI=1S/C17H15N5O2S/c18-12-14-3-5-16(6-4-14)25(23,24)22-10-8-21(9-11-22)17-15(13-19)2-1-7-20-17/h1-7H,8-11H2. The van der Waals surface area contributed by atoms with Crippen molar-refractivity contribution < 1.29 is 8.42 Å². The van der Waals surface area contributed by atoms with E-state index < -0.39 is 10.0 Å². The molecule has 0 unspecified atom stereocenters. The van der Waals surface area contributed by atoms with Crippen molar-refractivity contribution in [3.05, 3.63) is 53.7 Å². The number of nitriles is 2. The van der Waals surface area contributed by atoms with Gasteiger partial charge in [-0.2, -0.15) is 14.8 Å². The fourth-order valence-corrected chi connectivity index (χ4v) is 4.15. The van der Waals surface area contributed by atoms with Crippen molar-refractivity contribution in [3.63, 3.8) is 0 Å². The minimum absolute atomic E-state index is 0.176. The number of sulfonamides is 1. The van der Waals surface area contributed by atoms with Gasteiger partial charge in [-0.25, -0.2) is 13.4 Å². The monoisotopic (exact) mass is 353 g/mol. The van der Waals surface area contributed by atoms with Crippen LogP contribution in [0.25, 0.3) is 0 Å². The summed E-state index contributed by atoms with van der Waals surface area (Å²) in [6, 6.07) is 13.4. The van der Waals surface area contributed by atoms with Gasteiger partial charge in [-0.3, -0.25) is 0 Å². The second-order valence-electron chi connectivity index (χ2n) is 5.51. The fraction of sp³-hybridized carbons (Fsp3) is 0.235. The first-order valence-electron chi connectivity index (χ1n) is 7.66. The molecule has 0 saturated carbocycles. The molecule has 1 fully saturated rings. The van der Waals surface area contributed by atoms with Gasteiger partial charge in [0.2, 0.25) is 10.0 Å². The molecule has 7 nitrogen and oxygen atoms in total. The topological polar surface area (TPSA) is 101 Å². The molecule has 3 rings (SSSR count). The number of benzene rings is 1. The van der Waals surface area contributed by atoms with Gasteiger partial charge in [-0.1, -0.05) is 0 Å². The molecule has 0 spiro atoms. The number of piperazine rings is 1. The van der Waals surface area contributed by atoms with E-state index in [0.717, 1.165) is 0 Å². The predicted molar refractivity (Wildman–Crippen MR) is 91.1 cm³/mol. The van der Waals surface area contributed by atoms with Crippen LogP contribution in [0.4, 0.5) is 5.82 Å². The highest BCUT2D eigenvalue weighted by Gasteiger charge is 2.29. The molecule has 1 aliphatic rings. The molecule has 1 saturated heterocycles. The zero-order valence-electron chi connectivity index (χ0n) is 13.3. The smallest absolute Gasteiger partial charge is 0.243 e. The van der Waals surface area contributed by atoms with E-state index >= 15 is 0 Å². The van der Waals surface area contributed by atoms with Crippen LogP contribution in [-0.2, 0) is 10.0 Å². The van der Waals surface area contributed by atoms with Crippen molar-refractivity contribution in [2.45, 2.75) is 4.90 Å². The number of pyridine rings is 1. The SMILES string of the molecule is N#Cc1ccc(S(=O)(=O)N2CCN(c3ncccc3C#N)CC2)cc1. The molecular formula is C17H15N5O2S. The number of hydrogen-bond donors (Lipinski definition) is 0. The maximum atomic E-state index is 12.7. The normalized spacial score (nSPS) is 15.4. The first-order chi connectivity index (χ1) is 12.1. The molecular weight excluding hydrogens is 338 g/mol. The van der Waals surface area contributed by atoms with Crippen molar-refractivity contribution in [1.29, 1.82) is 10.5 Å². The predicted octanol–water partition coefficient (Wildman–Crippen LogP) is 1.34. The largest absolute Gasteiger partial charge is 0.353 e. The van der Waals surface area contributed by atoms with E-state index in [4.69, 9.17) is 5.26 Å². The number of anilines is 1. The molecule has 0 aliphatic carbocycles. The molecule has 2 aromatic rings. The van der Waals surface area contributed by atoms with Crippen LogP contribution in [0.15, 0.2) is 47.5 Å². The lowest BCUT2D eigenvalue weighted by atomic mass is 10.2. The van der Waals surface area contributed by atoms with E-state index in [1.165, 1.54) is 28.6 Å². The number of rotatable bonds is 3. The lowest BCUT2D eigenvalue weighted by molar-refractivity contribution is 0.383. The highest BCUT2D eigenvalue weighted by atomic mass is 32.2. The summed E-state index contributed by atoms with van der Waals surface area (Å²) in [5.41, 5.74) is 0.897. The van der Waals surface area contributed by atoms with E-state index in [2.05, 4.69) is 11.1 Å². The summed E-state index contributed by atoms with van der Waals surface area (Å²) in [4.78, 5) is 6.34. The Labute approximate surface area is 146 Å². The molecule has 0 radical (unpaired) electrons. The minimum atomic E-state index is -3.60. The van der Waals surface area contributed by atoms with Crippen LogP contribution < -0.4 is 4.90 Å². The number of nitrogens with zero attached hydrogens (tertiary/aromatic N) is 5. The van der Waals surface area contributed by atoms with Gasteiger partial charge in [-0.05, 0) is 36.4 Å². The first-order valence-corrected chi connectivity index (χ1v) is 9.10. The van der Waals surface area contributed by atoms with Gasteiger partial charge in [-0.15, -0.1) is 0 Å². The van der Waals surface area contributed by atoms with Crippen molar-refractivity contribution in [3.8, 4) is 12.1 Å². The Morgan fingerprint density at radius 2 is 1.64 bits per heavy atom. The zero-order valence-corrected chi connectivity index (χ0v) is 14.1. The van der Waals surface area contributed by atoms with Gasteiger partial charge in [0.25, 0.3) is 0 Å². The van der Waals surface area contributed by atoms with Gasteiger partial charge in [0.1, 0.15) is 11.9 Å². The minimum Gasteiger partial charge on any atom is -0.353 e. The zero-order chi connectivity index (χ0) is 17.9. The summed E-state index contributed by atoms with van der Waals surface area (Å²) < 4.78 is 26.8. The van der Waals surface area contributed by atoms with Crippen molar-refractivity contribution >= 4 is 15.8 Å². The molecule has 1 aromatic heterocycles. The highest BCUT2D eigenvalue weighted by molar-refractivity contribution is 7.89. The molecule has 0 bridgehead atoms. The molecule has 0 atom stereocenters. The van der Waals surface area contributed by atoms with Crippen molar-refractivity contribution in [2.75, 3.05) is 31.1 Å². The summed E-state index contributed by atoms with van der Waals surface area (Å²) in [5, 5.41) is 18.0. The van der Waals surface area contributed by atoms with Gasteiger partial charge in [0.05, 0.1) is 22.1 Å². The Morgan fingerprint density at radius 1 is 0.960 bits per heavy atom. The van der Waals surface area contributed by atoms with Crippen LogP contribution in [0.3, 0.4) is 0 Å². The van der Waals surface area contributed by atoms with E-state index in [-0.39, 0.29) is 4.90 Å². The quantitative estimate of drug-likeness (QED) is 0.825. The molecule has 126 valence electrons. The number of aromatic nitrogens is 1. The van der Waals surface area contributed by atoms with Crippen LogP contribution in [-0.4, -0.2) is 43.9 Å². The third-order valence-corrected chi connectivity index (χ3v) is 5.98. The summed E-state index contributed by atoms with van der Waals surface area (Å²) in [7, 11) is -3.60. The van der Waals surface area contributed by atoms with E-state index in [1.807, 2.05) is 11.0 Å². The van der Waals surface area contributed by atoms with Crippen LogP contribution in [0.5, 0.6) is 0 Å². The average molecular weight is 353 g/mol. The van der Waals surface area contributed by atoms with Crippen molar-refractivity contribution in [1.82, 2.24) is 9.29 Å². The summed E-state index contributed by atoms with van der Waals surface area (Å²) in [5.74, 6) is 0.584. The van der Waals surface area contributed by atoms with Gasteiger partial charge >= 0.3 is 0 Å². The molecule has 1 aliphatic heterocycles. The molecule has 1 aromatic carbocycles. The van der Waals surface area contributed by atoms with E-state index in [9.17, 15) is 13.7 Å². The number of hydrogen-bond acceptors (Lipinski definition) is 6. The molecule has 25 heavy (non-hydrogen) atoms. The lowest BCUT2D eigenvalue weighted by Gasteiger charge is -2.34. The Bertz CT molecular complexity index is 950. The van der Waals surface area contributed by atoms with Crippen LogP contribution in [0.1, 0.15) is 11.1 Å². The Morgan fingerprint density at radius 3 is 2.24 bits per heavy atom. The van der Waals surface area contributed by atoms with E-state index in [1.54, 1.807) is 18.3 Å². The van der Waals surface area contributed by atoms with Crippen LogP contribution >= 0.6 is 0 Å². The summed E-state index contributed by atoms with van der Waals surface area (Å²) in [6.07, 6.45) is 1.62. The lowest BCUT2D eigenvalue weighted by Crippen LogP contribution is -2.49. The second-order valence-corrected chi connectivity index (χ2v) is 7.45. The summed E-state index contributed by atoms with van der Waals surface area (Å²) in [6.45, 7) is 1.54. The Hall–Kier alpha value is -2.94. The second kappa shape index (κ2) is 6.89. The molecule has 0 amide bonds. The van der Waals surface area contributed by atoms with Crippen LogP contribution in [0, 0.1) is 22.7 Å². The maximum Gasteiger partial charge on any atom is 0.243 e. The fourth-order valence-electron chi connectivity index (χ4n) is 2.73. The maximum absolute atomic E-state index is 12.7. The van der Waals surface area contributed by atoms with Gasteiger partial charge < -0.3 is 4.90 Å². The van der Waals surface area contributed by atoms with Gasteiger partial charge in [0, 0.05) is 32.4 Å². The summed E-state index contributed by atoms with van der Waals surface area (Å²) >= 11 is 0. The average Bonchev–Trinajstić information content (AvgIpc) is 2.68. The van der Waals surface area contributed by atoms with E-state index in [0.29, 0.717) is 43.1 Å². The first kappa shape index (κ1) is 16.9. The molecule has 8 heteroatoms. The third kappa shape index (κ3) is 3.31. The molecule has 2 heterocycles. The Kier molecular flexibility index (Phi) is 4.66.